The number of benzene rings is 1. The van der Waals surface area contributed by atoms with E-state index in [4.69, 9.17) is 17.0 Å². The number of hydrogen-bond donors (Lipinski definition) is 2. The third kappa shape index (κ3) is 3.39. The molecule has 6 nitrogen and oxygen atoms in total. The first-order valence-electron chi connectivity index (χ1n) is 8.75. The molecule has 28 heavy (non-hydrogen) atoms. The molecule has 1 amide bonds. The average Bonchev–Trinajstić information content (AvgIpc) is 3.31. The molecule has 0 bridgehead atoms. The lowest BCUT2D eigenvalue weighted by Gasteiger charge is -2.13. The minimum absolute atomic E-state index is 0.00801. The molecular weight excluding hydrogens is 456 g/mol. The number of ether oxygens (including phenoxy) is 1. The van der Waals surface area contributed by atoms with Crippen molar-refractivity contribution in [3.05, 3.63) is 50.0 Å². The molecule has 148 valence electrons. The molecule has 2 atom stereocenters. The van der Waals surface area contributed by atoms with Crippen molar-refractivity contribution in [2.45, 2.75) is 37.8 Å². The van der Waals surface area contributed by atoms with E-state index in [1.807, 2.05) is 0 Å². The second-order valence-electron chi connectivity index (χ2n) is 6.88. The first kappa shape index (κ1) is 19.3. The van der Waals surface area contributed by atoms with Crippen LogP contribution in [0.2, 0.25) is 0 Å². The number of nitrogens with one attached hydrogen (secondary N) is 2. The lowest BCUT2D eigenvalue weighted by molar-refractivity contribution is -0.141. The van der Waals surface area contributed by atoms with E-state index < -0.39 is 29.6 Å². The van der Waals surface area contributed by atoms with Gasteiger partial charge in [-0.15, -0.1) is 0 Å². The number of amides is 1. The van der Waals surface area contributed by atoms with Crippen molar-refractivity contribution in [3.63, 3.8) is 0 Å². The Bertz CT molecular complexity index is 1040. The number of rotatable bonds is 4. The molecule has 2 N–H and O–H groups in total. The van der Waals surface area contributed by atoms with Crippen LogP contribution in [0.5, 0.6) is 0 Å². The van der Waals surface area contributed by atoms with Crippen LogP contribution in [0.4, 0.5) is 8.78 Å². The number of cyclic esters (lactones) is 1. The molecule has 2 aliphatic rings. The number of esters is 1. The third-order valence-corrected chi connectivity index (χ3v) is 6.05. The quantitative estimate of drug-likeness (QED) is 0.408. The second-order valence-corrected chi connectivity index (χ2v) is 8.12. The summed E-state index contributed by atoms with van der Waals surface area (Å²) >= 11 is 8.41. The third-order valence-electron chi connectivity index (χ3n) is 5.12. The number of H-pyrrole nitrogens is 1. The summed E-state index contributed by atoms with van der Waals surface area (Å²) in [5.74, 6) is -2.43. The predicted octanol–water partition coefficient (Wildman–Crippen LogP) is 2.90. The largest absolute Gasteiger partial charge is 0.464 e. The highest BCUT2D eigenvalue weighted by atomic mass is 79.9. The minimum atomic E-state index is -0.635. The predicted molar refractivity (Wildman–Crippen MR) is 101 cm³/mol. The van der Waals surface area contributed by atoms with E-state index in [9.17, 15) is 18.4 Å². The van der Waals surface area contributed by atoms with Crippen LogP contribution in [0.1, 0.15) is 29.3 Å². The molecule has 2 aromatic rings. The number of halogens is 3. The number of imidazole rings is 1. The maximum atomic E-state index is 14.5. The molecule has 0 radical (unpaired) electrons. The summed E-state index contributed by atoms with van der Waals surface area (Å²) in [6.07, 6.45) is 0.787. The Balaban J connectivity index is 1.54. The minimum Gasteiger partial charge on any atom is -0.464 e. The SMILES string of the molecule is O=C(Cc1[nH]c(=S)n2c1CC(c1c(F)ccc(Br)c1F)C2)NC1CCOC1=O. The molecular formula is C18H16BrF2N3O3S. The Morgan fingerprint density at radius 1 is 1.43 bits per heavy atom. The highest BCUT2D eigenvalue weighted by Gasteiger charge is 2.33. The number of fused-ring (bicyclic) bond motifs is 1. The van der Waals surface area contributed by atoms with Crippen molar-refractivity contribution in [3.8, 4) is 0 Å². The topological polar surface area (TPSA) is 76.1 Å². The van der Waals surface area contributed by atoms with E-state index in [-0.39, 0.29) is 22.4 Å². The van der Waals surface area contributed by atoms with Gasteiger partial charge in [-0.25, -0.2) is 13.6 Å². The Hall–Kier alpha value is -2.07. The Morgan fingerprint density at radius 2 is 2.21 bits per heavy atom. The number of nitrogens with zero attached hydrogens (tertiary/aromatic N) is 1. The van der Waals surface area contributed by atoms with Crippen LogP contribution in [0.3, 0.4) is 0 Å². The lowest BCUT2D eigenvalue weighted by Crippen LogP contribution is -2.38. The number of aromatic nitrogens is 2. The van der Waals surface area contributed by atoms with E-state index in [1.165, 1.54) is 12.1 Å². The van der Waals surface area contributed by atoms with Gasteiger partial charge in [0.25, 0.3) is 0 Å². The van der Waals surface area contributed by atoms with Gasteiger partial charge in [0.2, 0.25) is 5.91 Å². The summed E-state index contributed by atoms with van der Waals surface area (Å²) < 4.78 is 36.0. The van der Waals surface area contributed by atoms with E-state index in [0.29, 0.717) is 36.5 Å². The molecule has 1 fully saturated rings. The fraction of sp³-hybridized carbons (Fsp3) is 0.389. The van der Waals surface area contributed by atoms with Gasteiger partial charge in [0.15, 0.2) is 4.77 Å². The molecule has 1 aromatic heterocycles. The summed E-state index contributed by atoms with van der Waals surface area (Å²) in [4.78, 5) is 26.8. The summed E-state index contributed by atoms with van der Waals surface area (Å²) in [5, 5.41) is 2.64. The maximum absolute atomic E-state index is 14.5. The maximum Gasteiger partial charge on any atom is 0.328 e. The number of hydrogen-bond acceptors (Lipinski definition) is 4. The normalized spacial score (nSPS) is 20.9. The Kier molecular flexibility index (Phi) is 5.09. The lowest BCUT2D eigenvalue weighted by atomic mass is 9.95. The zero-order valence-corrected chi connectivity index (χ0v) is 17.0. The van der Waals surface area contributed by atoms with Gasteiger partial charge in [0.05, 0.1) is 17.5 Å². The van der Waals surface area contributed by atoms with Gasteiger partial charge < -0.3 is 19.6 Å². The Labute approximate surface area is 172 Å². The smallest absolute Gasteiger partial charge is 0.328 e. The molecule has 10 heteroatoms. The van der Waals surface area contributed by atoms with Crippen molar-refractivity contribution in [1.29, 1.82) is 0 Å². The van der Waals surface area contributed by atoms with Crippen molar-refractivity contribution in [2.75, 3.05) is 6.61 Å². The summed E-state index contributed by atoms with van der Waals surface area (Å²) in [6.45, 7) is 0.616. The van der Waals surface area contributed by atoms with Gasteiger partial charge in [-0.1, -0.05) is 0 Å². The summed E-state index contributed by atoms with van der Waals surface area (Å²) in [6, 6.07) is 1.93. The monoisotopic (exact) mass is 471 g/mol. The zero-order valence-electron chi connectivity index (χ0n) is 14.6. The first-order chi connectivity index (χ1) is 13.3. The number of carbonyl (C=O) groups excluding carboxylic acids is 2. The molecule has 1 saturated heterocycles. The molecule has 0 spiro atoms. The standard InChI is InChI=1S/C18H16BrF2N3O3S/c19-9-1-2-10(20)15(16(9)21)8-5-13-12(23-18(28)24(13)7-8)6-14(25)22-11-3-4-27-17(11)26/h1-2,8,11H,3-7H2,(H,22,25)(H,23,28). The molecule has 4 rings (SSSR count). The van der Waals surface area contributed by atoms with Gasteiger partial charge in [0, 0.05) is 35.8 Å². The van der Waals surface area contributed by atoms with E-state index in [2.05, 4.69) is 26.2 Å². The van der Waals surface area contributed by atoms with Gasteiger partial charge in [0.1, 0.15) is 17.7 Å². The van der Waals surface area contributed by atoms with Gasteiger partial charge in [-0.3, -0.25) is 4.79 Å². The fourth-order valence-corrected chi connectivity index (χ4v) is 4.44. The molecule has 1 aromatic carbocycles. The van der Waals surface area contributed by atoms with Gasteiger partial charge >= 0.3 is 5.97 Å². The zero-order chi connectivity index (χ0) is 20.0. The van der Waals surface area contributed by atoms with Crippen molar-refractivity contribution in [1.82, 2.24) is 14.9 Å². The fourth-order valence-electron chi connectivity index (χ4n) is 3.79. The molecule has 2 unspecified atom stereocenters. The summed E-state index contributed by atoms with van der Waals surface area (Å²) in [7, 11) is 0. The van der Waals surface area contributed by atoms with E-state index in [1.54, 1.807) is 4.57 Å². The second kappa shape index (κ2) is 7.40. The van der Waals surface area contributed by atoms with Gasteiger partial charge in [-0.2, -0.15) is 0 Å². The van der Waals surface area contributed by atoms with Gasteiger partial charge in [-0.05, 0) is 46.7 Å². The number of carbonyl (C=O) groups is 2. The number of aromatic amines is 1. The van der Waals surface area contributed by atoms with E-state index >= 15 is 0 Å². The van der Waals surface area contributed by atoms with Crippen molar-refractivity contribution >= 4 is 40.0 Å². The Morgan fingerprint density at radius 3 is 2.93 bits per heavy atom. The van der Waals surface area contributed by atoms with Crippen LogP contribution in [0, 0.1) is 16.4 Å². The molecule has 3 heterocycles. The van der Waals surface area contributed by atoms with Crippen molar-refractivity contribution < 1.29 is 23.1 Å². The molecule has 0 aliphatic carbocycles. The van der Waals surface area contributed by atoms with Crippen LogP contribution in [0.15, 0.2) is 16.6 Å². The molecule has 2 aliphatic heterocycles. The van der Waals surface area contributed by atoms with E-state index in [0.717, 1.165) is 5.69 Å². The molecule has 0 saturated carbocycles. The van der Waals surface area contributed by atoms with Crippen LogP contribution >= 0.6 is 28.1 Å². The highest BCUT2D eigenvalue weighted by Crippen LogP contribution is 2.36. The average molecular weight is 472 g/mol. The summed E-state index contributed by atoms with van der Waals surface area (Å²) in [5.41, 5.74) is 1.35. The van der Waals surface area contributed by atoms with Crippen LogP contribution in [-0.4, -0.2) is 34.1 Å². The van der Waals surface area contributed by atoms with Crippen LogP contribution in [0.25, 0.3) is 0 Å². The van der Waals surface area contributed by atoms with Crippen molar-refractivity contribution in [2.24, 2.45) is 0 Å². The van der Waals surface area contributed by atoms with Crippen LogP contribution < -0.4 is 5.32 Å². The van der Waals surface area contributed by atoms with Crippen LogP contribution in [-0.2, 0) is 33.7 Å². The highest BCUT2D eigenvalue weighted by molar-refractivity contribution is 9.10. The first-order valence-corrected chi connectivity index (χ1v) is 9.95.